The molecular weight excluding hydrogens is 112 g/mol. The SMILES string of the molecule is CC1([Si])CCCCC1. The maximum Gasteiger partial charge on any atom is 0.0309 e. The lowest BCUT2D eigenvalue weighted by Gasteiger charge is -2.28. The molecule has 1 heteroatoms. The van der Waals surface area contributed by atoms with Gasteiger partial charge in [0.15, 0.2) is 0 Å². The van der Waals surface area contributed by atoms with E-state index in [-0.39, 0.29) is 0 Å². The quantitative estimate of drug-likeness (QED) is 0.436. The molecule has 0 atom stereocenters. The molecule has 0 spiro atoms. The van der Waals surface area contributed by atoms with Gasteiger partial charge in [0, 0.05) is 10.2 Å². The maximum absolute atomic E-state index is 3.74. The van der Waals surface area contributed by atoms with Gasteiger partial charge in [-0.1, -0.05) is 39.0 Å². The van der Waals surface area contributed by atoms with Gasteiger partial charge in [0.25, 0.3) is 0 Å². The Labute approximate surface area is 55.1 Å². The van der Waals surface area contributed by atoms with Gasteiger partial charge >= 0.3 is 0 Å². The van der Waals surface area contributed by atoms with Crippen LogP contribution in [0, 0.1) is 0 Å². The third-order valence-corrected chi connectivity index (χ3v) is 2.46. The zero-order valence-corrected chi connectivity index (χ0v) is 6.54. The zero-order chi connectivity index (χ0) is 6.04. The molecule has 0 saturated heterocycles. The van der Waals surface area contributed by atoms with Crippen LogP contribution in [0.3, 0.4) is 0 Å². The Morgan fingerprint density at radius 1 is 1.12 bits per heavy atom. The van der Waals surface area contributed by atoms with Crippen molar-refractivity contribution in [3.63, 3.8) is 0 Å². The Morgan fingerprint density at radius 2 is 1.62 bits per heavy atom. The van der Waals surface area contributed by atoms with E-state index in [0.717, 1.165) is 0 Å². The first-order valence-electron chi connectivity index (χ1n) is 3.46. The lowest BCUT2D eigenvalue weighted by molar-refractivity contribution is 0.404. The molecule has 8 heavy (non-hydrogen) atoms. The summed E-state index contributed by atoms with van der Waals surface area (Å²) in [5.74, 6) is 0. The van der Waals surface area contributed by atoms with Crippen LogP contribution in [0.5, 0.6) is 0 Å². The summed E-state index contributed by atoms with van der Waals surface area (Å²) in [6.07, 6.45) is 7.01. The van der Waals surface area contributed by atoms with Crippen molar-refractivity contribution in [2.45, 2.75) is 44.1 Å². The van der Waals surface area contributed by atoms with E-state index in [1.807, 2.05) is 0 Å². The van der Waals surface area contributed by atoms with Gasteiger partial charge in [-0.15, -0.1) is 0 Å². The smallest absolute Gasteiger partial charge is 0.0309 e. The molecule has 0 aromatic carbocycles. The molecule has 1 rings (SSSR count). The molecule has 0 amide bonds. The van der Waals surface area contributed by atoms with Crippen molar-refractivity contribution in [3.05, 3.63) is 0 Å². The fourth-order valence-electron chi connectivity index (χ4n) is 1.33. The molecule has 0 nitrogen and oxygen atoms in total. The van der Waals surface area contributed by atoms with Crippen molar-refractivity contribution in [2.75, 3.05) is 0 Å². The predicted octanol–water partition coefficient (Wildman–Crippen LogP) is 2.30. The molecule has 0 aromatic rings. The van der Waals surface area contributed by atoms with Gasteiger partial charge in [-0.2, -0.15) is 0 Å². The van der Waals surface area contributed by atoms with Crippen LogP contribution in [0.25, 0.3) is 0 Å². The van der Waals surface area contributed by atoms with E-state index in [2.05, 4.69) is 17.2 Å². The second kappa shape index (κ2) is 2.22. The molecule has 1 aliphatic carbocycles. The number of rotatable bonds is 0. The fourth-order valence-corrected chi connectivity index (χ4v) is 1.69. The third kappa shape index (κ3) is 1.62. The zero-order valence-electron chi connectivity index (χ0n) is 5.54. The monoisotopic (exact) mass is 125 g/mol. The lowest BCUT2D eigenvalue weighted by atomic mass is 9.90. The van der Waals surface area contributed by atoms with Gasteiger partial charge in [0.05, 0.1) is 0 Å². The Balaban J connectivity index is 2.33. The van der Waals surface area contributed by atoms with E-state index in [1.54, 1.807) is 0 Å². The molecule has 0 unspecified atom stereocenters. The molecule has 1 aliphatic rings. The summed E-state index contributed by atoms with van der Waals surface area (Å²) in [7, 11) is 3.74. The molecule has 1 fully saturated rings. The van der Waals surface area contributed by atoms with Crippen LogP contribution in [0.2, 0.25) is 5.04 Å². The first kappa shape index (κ1) is 6.34. The Bertz CT molecular complexity index is 68.5. The van der Waals surface area contributed by atoms with Crippen molar-refractivity contribution >= 4 is 10.2 Å². The van der Waals surface area contributed by atoms with Gasteiger partial charge in [-0.25, -0.2) is 0 Å². The number of hydrogen-bond donors (Lipinski definition) is 0. The van der Waals surface area contributed by atoms with E-state index < -0.39 is 0 Å². The molecule has 1 saturated carbocycles. The summed E-state index contributed by atoms with van der Waals surface area (Å²) in [6, 6.07) is 0. The van der Waals surface area contributed by atoms with Crippen LogP contribution in [0.15, 0.2) is 0 Å². The summed E-state index contributed by atoms with van der Waals surface area (Å²) in [4.78, 5) is 0. The lowest BCUT2D eigenvalue weighted by Crippen LogP contribution is -2.11. The van der Waals surface area contributed by atoms with Crippen molar-refractivity contribution < 1.29 is 0 Å². The van der Waals surface area contributed by atoms with Crippen LogP contribution < -0.4 is 0 Å². The highest BCUT2D eigenvalue weighted by atomic mass is 28.1. The molecule has 0 aromatic heterocycles. The highest BCUT2D eigenvalue weighted by Gasteiger charge is 2.20. The summed E-state index contributed by atoms with van der Waals surface area (Å²) in [5, 5.41) is 0.484. The largest absolute Gasteiger partial charge is 0.0628 e. The summed E-state index contributed by atoms with van der Waals surface area (Å²) < 4.78 is 0. The van der Waals surface area contributed by atoms with Crippen molar-refractivity contribution in [1.82, 2.24) is 0 Å². The second-order valence-electron chi connectivity index (χ2n) is 3.12. The van der Waals surface area contributed by atoms with Gasteiger partial charge < -0.3 is 0 Å². The molecule has 0 heterocycles. The average Bonchev–Trinajstić information content (AvgIpc) is 1.65. The Morgan fingerprint density at radius 3 is 1.88 bits per heavy atom. The fraction of sp³-hybridized carbons (Fsp3) is 1.00. The minimum Gasteiger partial charge on any atom is -0.0628 e. The van der Waals surface area contributed by atoms with Gasteiger partial charge in [0.1, 0.15) is 0 Å². The molecular formula is C7H13Si. The van der Waals surface area contributed by atoms with Crippen LogP contribution in [0.1, 0.15) is 39.0 Å². The first-order valence-corrected chi connectivity index (χ1v) is 3.96. The van der Waals surface area contributed by atoms with Gasteiger partial charge in [-0.3, -0.25) is 0 Å². The maximum atomic E-state index is 3.74. The Hall–Kier alpha value is 0.217. The minimum absolute atomic E-state index is 0.484. The van der Waals surface area contributed by atoms with E-state index in [4.69, 9.17) is 0 Å². The summed E-state index contributed by atoms with van der Waals surface area (Å²) >= 11 is 0. The Kier molecular flexibility index (Phi) is 1.76. The highest BCUT2D eigenvalue weighted by Crippen LogP contribution is 2.38. The van der Waals surface area contributed by atoms with Crippen molar-refractivity contribution in [2.24, 2.45) is 0 Å². The molecule has 0 bridgehead atoms. The van der Waals surface area contributed by atoms with E-state index in [0.29, 0.717) is 5.04 Å². The average molecular weight is 125 g/mol. The predicted molar refractivity (Wildman–Crippen MR) is 37.2 cm³/mol. The molecule has 0 N–H and O–H groups in total. The molecule has 0 aliphatic heterocycles. The minimum atomic E-state index is 0.484. The van der Waals surface area contributed by atoms with E-state index in [9.17, 15) is 0 Å². The van der Waals surface area contributed by atoms with Crippen LogP contribution in [0.4, 0.5) is 0 Å². The van der Waals surface area contributed by atoms with Crippen LogP contribution >= 0.6 is 0 Å². The third-order valence-electron chi connectivity index (χ3n) is 1.96. The van der Waals surface area contributed by atoms with E-state index in [1.165, 1.54) is 32.1 Å². The van der Waals surface area contributed by atoms with E-state index >= 15 is 0 Å². The number of hydrogen-bond acceptors (Lipinski definition) is 0. The second-order valence-corrected chi connectivity index (χ2v) is 4.33. The summed E-state index contributed by atoms with van der Waals surface area (Å²) in [6.45, 7) is 2.29. The van der Waals surface area contributed by atoms with Crippen molar-refractivity contribution in [3.8, 4) is 0 Å². The van der Waals surface area contributed by atoms with Crippen LogP contribution in [-0.4, -0.2) is 10.2 Å². The van der Waals surface area contributed by atoms with Gasteiger partial charge in [-0.05, 0) is 5.04 Å². The highest BCUT2D eigenvalue weighted by molar-refractivity contribution is 6.14. The standard InChI is InChI=1S/C7H13Si/c1-7(8)5-3-2-4-6-7/h2-6H2,1H3. The first-order chi connectivity index (χ1) is 3.71. The summed E-state index contributed by atoms with van der Waals surface area (Å²) in [5.41, 5.74) is 0. The van der Waals surface area contributed by atoms with Gasteiger partial charge in [0.2, 0.25) is 0 Å². The van der Waals surface area contributed by atoms with Crippen LogP contribution in [-0.2, 0) is 0 Å². The molecule has 45 valence electrons. The normalized spacial score (nSPS) is 27.8. The van der Waals surface area contributed by atoms with Crippen molar-refractivity contribution in [1.29, 1.82) is 0 Å². The molecule has 3 radical (unpaired) electrons. The topological polar surface area (TPSA) is 0 Å².